The molecule has 2 aromatic rings. The van der Waals surface area contributed by atoms with Gasteiger partial charge >= 0.3 is 6.03 Å². The van der Waals surface area contributed by atoms with Gasteiger partial charge in [0.2, 0.25) is 0 Å². The smallest absolute Gasteiger partial charge is 0.316 e. The fourth-order valence-corrected chi connectivity index (χ4v) is 2.42. The highest BCUT2D eigenvalue weighted by atomic mass is 16.2. The second-order valence-corrected chi connectivity index (χ2v) is 5.30. The third-order valence-electron chi connectivity index (χ3n) is 3.67. The van der Waals surface area contributed by atoms with Crippen molar-refractivity contribution < 1.29 is 9.59 Å². The Hall–Kier alpha value is -2.82. The van der Waals surface area contributed by atoms with Crippen molar-refractivity contribution >= 4 is 17.6 Å². The second-order valence-electron chi connectivity index (χ2n) is 5.30. The number of hydrogen-bond acceptors (Lipinski definition) is 2. The molecule has 0 aliphatic heterocycles. The zero-order chi connectivity index (χ0) is 16.7. The molecule has 0 bridgehead atoms. The number of rotatable bonds is 6. The van der Waals surface area contributed by atoms with Crippen LogP contribution in [-0.4, -0.2) is 18.5 Å². The summed E-state index contributed by atoms with van der Waals surface area (Å²) < 4.78 is 0. The number of amides is 3. The Morgan fingerprint density at radius 3 is 2.48 bits per heavy atom. The number of carbonyl (C=O) groups is 2. The van der Waals surface area contributed by atoms with Crippen LogP contribution >= 0.6 is 0 Å². The quantitative estimate of drug-likeness (QED) is 0.766. The number of anilines is 1. The van der Waals surface area contributed by atoms with E-state index in [0.717, 1.165) is 6.42 Å². The molecule has 4 N–H and O–H groups in total. The van der Waals surface area contributed by atoms with Crippen molar-refractivity contribution in [3.63, 3.8) is 0 Å². The third kappa shape index (κ3) is 4.85. The van der Waals surface area contributed by atoms with Crippen molar-refractivity contribution in [2.24, 2.45) is 5.73 Å². The Labute approximate surface area is 135 Å². The summed E-state index contributed by atoms with van der Waals surface area (Å²) in [4.78, 5) is 23.2. The summed E-state index contributed by atoms with van der Waals surface area (Å²) in [5.41, 5.74) is 7.27. The molecule has 0 heterocycles. The average Bonchev–Trinajstić information content (AvgIpc) is 2.56. The summed E-state index contributed by atoms with van der Waals surface area (Å²) in [5.74, 6) is 0.0968. The van der Waals surface area contributed by atoms with Crippen LogP contribution in [0.5, 0.6) is 0 Å². The minimum atomic E-state index is -0.655. The lowest BCUT2D eigenvalue weighted by Gasteiger charge is -2.16. The Bertz CT molecular complexity index is 671. The Morgan fingerprint density at radius 2 is 1.83 bits per heavy atom. The van der Waals surface area contributed by atoms with Gasteiger partial charge in [0.25, 0.3) is 5.91 Å². The maximum atomic E-state index is 12.3. The summed E-state index contributed by atoms with van der Waals surface area (Å²) in [6.45, 7) is 2.66. The number of urea groups is 1. The first-order valence-corrected chi connectivity index (χ1v) is 7.59. The summed E-state index contributed by atoms with van der Waals surface area (Å²) in [7, 11) is 0. The molecular formula is C18H21N3O2. The molecule has 5 heteroatoms. The number of benzene rings is 2. The number of hydrogen-bond donors (Lipinski definition) is 3. The van der Waals surface area contributed by atoms with Crippen LogP contribution in [-0.2, 0) is 0 Å². The van der Waals surface area contributed by atoms with Crippen LogP contribution in [0.3, 0.4) is 0 Å². The molecule has 1 unspecified atom stereocenters. The van der Waals surface area contributed by atoms with Gasteiger partial charge in [-0.25, -0.2) is 4.79 Å². The normalized spacial score (nSPS) is 11.5. The van der Waals surface area contributed by atoms with Gasteiger partial charge in [-0.05, 0) is 30.2 Å². The lowest BCUT2D eigenvalue weighted by Crippen LogP contribution is -2.28. The van der Waals surface area contributed by atoms with E-state index in [9.17, 15) is 9.59 Å². The van der Waals surface area contributed by atoms with Gasteiger partial charge in [-0.2, -0.15) is 0 Å². The molecule has 3 amide bonds. The van der Waals surface area contributed by atoms with Crippen LogP contribution in [0.4, 0.5) is 10.5 Å². The largest absolute Gasteiger partial charge is 0.351 e. The van der Waals surface area contributed by atoms with Gasteiger partial charge in [-0.15, -0.1) is 0 Å². The Morgan fingerprint density at radius 1 is 1.09 bits per heavy atom. The second kappa shape index (κ2) is 7.98. The van der Waals surface area contributed by atoms with Crippen LogP contribution in [0, 0.1) is 0 Å². The number of primary amides is 1. The monoisotopic (exact) mass is 311 g/mol. The van der Waals surface area contributed by atoms with Crippen LogP contribution in [0.15, 0.2) is 54.6 Å². The Kier molecular flexibility index (Phi) is 5.74. The highest BCUT2D eigenvalue weighted by molar-refractivity contribution is 5.96. The molecule has 0 aliphatic carbocycles. The fraction of sp³-hybridized carbons (Fsp3) is 0.222. The zero-order valence-electron chi connectivity index (χ0n) is 13.1. The topological polar surface area (TPSA) is 84.2 Å². The van der Waals surface area contributed by atoms with Gasteiger partial charge in [0.15, 0.2) is 0 Å². The van der Waals surface area contributed by atoms with Gasteiger partial charge in [-0.1, -0.05) is 43.3 Å². The van der Waals surface area contributed by atoms with E-state index in [4.69, 9.17) is 5.73 Å². The first kappa shape index (κ1) is 16.5. The molecule has 0 aliphatic rings. The van der Waals surface area contributed by atoms with Crippen LogP contribution in [0.25, 0.3) is 0 Å². The van der Waals surface area contributed by atoms with Gasteiger partial charge in [0, 0.05) is 23.7 Å². The molecule has 0 aromatic heterocycles. The number of nitrogens with two attached hydrogens (primary N) is 1. The van der Waals surface area contributed by atoms with Gasteiger partial charge in [0.05, 0.1) is 0 Å². The van der Waals surface area contributed by atoms with E-state index in [0.29, 0.717) is 17.8 Å². The molecule has 0 fully saturated rings. The van der Waals surface area contributed by atoms with Crippen molar-refractivity contribution in [1.29, 1.82) is 0 Å². The van der Waals surface area contributed by atoms with Crippen molar-refractivity contribution in [2.75, 3.05) is 11.9 Å². The van der Waals surface area contributed by atoms with E-state index in [-0.39, 0.29) is 11.8 Å². The minimum Gasteiger partial charge on any atom is -0.351 e. The van der Waals surface area contributed by atoms with Crippen molar-refractivity contribution in [1.82, 2.24) is 5.32 Å². The summed E-state index contributed by atoms with van der Waals surface area (Å²) in [6, 6.07) is 16.1. The first-order chi connectivity index (χ1) is 11.1. The summed E-state index contributed by atoms with van der Waals surface area (Å²) in [6.07, 6.45) is 0.938. The first-order valence-electron chi connectivity index (χ1n) is 7.59. The van der Waals surface area contributed by atoms with Gasteiger partial charge in [-0.3, -0.25) is 4.79 Å². The van der Waals surface area contributed by atoms with E-state index < -0.39 is 6.03 Å². The van der Waals surface area contributed by atoms with E-state index in [1.807, 2.05) is 18.2 Å². The third-order valence-corrected chi connectivity index (χ3v) is 3.67. The Balaban J connectivity index is 2.00. The van der Waals surface area contributed by atoms with Gasteiger partial charge in [0.1, 0.15) is 0 Å². The zero-order valence-corrected chi connectivity index (χ0v) is 13.1. The molecule has 0 saturated heterocycles. The summed E-state index contributed by atoms with van der Waals surface area (Å²) >= 11 is 0. The highest BCUT2D eigenvalue weighted by Crippen LogP contribution is 2.18. The molecular weight excluding hydrogens is 290 g/mol. The van der Waals surface area contributed by atoms with Crippen molar-refractivity contribution in [3.8, 4) is 0 Å². The van der Waals surface area contributed by atoms with Crippen molar-refractivity contribution in [2.45, 2.75) is 19.3 Å². The molecule has 0 saturated carbocycles. The van der Waals surface area contributed by atoms with Crippen molar-refractivity contribution in [3.05, 3.63) is 65.7 Å². The molecule has 120 valence electrons. The van der Waals surface area contributed by atoms with Crippen LogP contribution in [0.2, 0.25) is 0 Å². The molecule has 1 atom stereocenters. The number of nitrogens with one attached hydrogen (secondary N) is 2. The molecule has 23 heavy (non-hydrogen) atoms. The standard InChI is InChI=1S/C18H21N3O2/c1-2-13(14-7-4-3-5-8-14)12-20-17(22)15-9-6-10-16(11-15)21-18(19)23/h3-11,13H,2,12H2,1H3,(H,20,22)(H3,19,21,23). The average molecular weight is 311 g/mol. The molecule has 2 rings (SSSR count). The maximum absolute atomic E-state index is 12.3. The van der Waals surface area contributed by atoms with E-state index in [1.54, 1.807) is 24.3 Å². The highest BCUT2D eigenvalue weighted by Gasteiger charge is 2.12. The fourth-order valence-electron chi connectivity index (χ4n) is 2.42. The molecule has 0 radical (unpaired) electrons. The SMILES string of the molecule is CCC(CNC(=O)c1cccc(NC(N)=O)c1)c1ccccc1. The molecule has 0 spiro atoms. The molecule has 2 aromatic carbocycles. The molecule has 5 nitrogen and oxygen atoms in total. The van der Waals surface area contributed by atoms with Crippen LogP contribution in [0.1, 0.15) is 35.2 Å². The minimum absolute atomic E-state index is 0.174. The maximum Gasteiger partial charge on any atom is 0.316 e. The lowest BCUT2D eigenvalue weighted by atomic mass is 9.96. The predicted octanol–water partition coefficient (Wildman–Crippen LogP) is 3.10. The van der Waals surface area contributed by atoms with Gasteiger partial charge < -0.3 is 16.4 Å². The van der Waals surface area contributed by atoms with Crippen LogP contribution < -0.4 is 16.4 Å². The predicted molar refractivity (Wildman–Crippen MR) is 91.5 cm³/mol. The van der Waals surface area contributed by atoms with E-state index in [2.05, 4.69) is 29.7 Å². The van der Waals surface area contributed by atoms with E-state index in [1.165, 1.54) is 5.56 Å². The van der Waals surface area contributed by atoms with E-state index >= 15 is 0 Å². The lowest BCUT2D eigenvalue weighted by molar-refractivity contribution is 0.0951. The summed E-state index contributed by atoms with van der Waals surface area (Å²) in [5, 5.41) is 5.41. The number of carbonyl (C=O) groups excluding carboxylic acids is 2.